The first-order chi connectivity index (χ1) is 16.1. The van der Waals surface area contributed by atoms with E-state index in [1.807, 2.05) is 6.07 Å². The van der Waals surface area contributed by atoms with Crippen molar-refractivity contribution in [3.05, 3.63) is 23.3 Å². The predicted octanol–water partition coefficient (Wildman–Crippen LogP) is 1.95. The summed E-state index contributed by atoms with van der Waals surface area (Å²) >= 11 is 0. The first kappa shape index (κ1) is 31.1. The molecule has 1 rings (SSSR count). The number of hydrogen-bond donors (Lipinski definition) is 1. The number of carbonyl (C=O) groups excluding carboxylic acids is 1. The molecule has 0 bridgehead atoms. The van der Waals surface area contributed by atoms with Gasteiger partial charge in [0, 0.05) is 6.54 Å². The Morgan fingerprint density at radius 3 is 2.03 bits per heavy atom. The van der Waals surface area contributed by atoms with Crippen molar-refractivity contribution in [2.24, 2.45) is 0 Å². The van der Waals surface area contributed by atoms with E-state index in [1.54, 1.807) is 12.1 Å². The molecule has 34 heavy (non-hydrogen) atoms. The Balaban J connectivity index is 0.00000135. The molecule has 0 fully saturated rings. The van der Waals surface area contributed by atoms with Gasteiger partial charge in [-0.2, -0.15) is 5.26 Å². The van der Waals surface area contributed by atoms with Gasteiger partial charge in [0.05, 0.1) is 27.9 Å². The van der Waals surface area contributed by atoms with Crippen LogP contribution >= 0.6 is 0 Å². The molecule has 0 radical (unpaired) electrons. The van der Waals surface area contributed by atoms with E-state index in [0.717, 1.165) is 26.1 Å². The molecule has 0 aromatic heterocycles. The van der Waals surface area contributed by atoms with Crippen molar-refractivity contribution >= 4 is 22.4 Å². The van der Waals surface area contributed by atoms with Crippen LogP contribution in [0.15, 0.2) is 17.7 Å². The predicted molar refractivity (Wildman–Crippen MR) is 126 cm³/mol. The molecule has 0 aliphatic carbocycles. The molecule has 0 saturated carbocycles. The number of ether oxygens (including phenoxy) is 3. The number of hydrogen-bond acceptors (Lipinski definition) is 10. The van der Waals surface area contributed by atoms with Gasteiger partial charge in [-0.3, -0.25) is 8.98 Å². The standard InChI is InChI=1S/C20H29N3O4.C2H6O4S/c1-6-23(7-2)10-8-9-22-20(24)16(14-21)11-15-12-17(25-3)19(27-5)18(13-15)26-4;1-2-6-7(3,4)5/h11-13H,6-10H2,1-5H3,(H,22,24);2H2,1H3,(H,3,4,5)/p-1/b16-11-;. The monoisotopic (exact) mass is 500 g/mol. The Morgan fingerprint density at radius 2 is 1.68 bits per heavy atom. The van der Waals surface area contributed by atoms with Crippen molar-refractivity contribution in [3.8, 4) is 23.3 Å². The van der Waals surface area contributed by atoms with Gasteiger partial charge in [-0.25, -0.2) is 8.42 Å². The highest BCUT2D eigenvalue weighted by atomic mass is 32.3. The van der Waals surface area contributed by atoms with E-state index in [0.29, 0.717) is 29.4 Å². The molecule has 0 heterocycles. The lowest BCUT2D eigenvalue weighted by atomic mass is 10.1. The van der Waals surface area contributed by atoms with E-state index in [-0.39, 0.29) is 12.2 Å². The van der Waals surface area contributed by atoms with Gasteiger partial charge in [-0.05, 0) is 56.8 Å². The summed E-state index contributed by atoms with van der Waals surface area (Å²) in [5.74, 6) is 0.974. The average Bonchev–Trinajstić information content (AvgIpc) is 2.81. The van der Waals surface area contributed by atoms with Gasteiger partial charge in [0.25, 0.3) is 5.91 Å². The third-order valence-electron chi connectivity index (χ3n) is 4.46. The smallest absolute Gasteiger partial charge is 0.261 e. The maximum absolute atomic E-state index is 12.3. The van der Waals surface area contributed by atoms with Crippen LogP contribution in [0.5, 0.6) is 17.2 Å². The third kappa shape index (κ3) is 11.9. The first-order valence-corrected chi connectivity index (χ1v) is 12.0. The number of benzene rings is 1. The van der Waals surface area contributed by atoms with E-state index in [4.69, 9.17) is 14.2 Å². The van der Waals surface area contributed by atoms with Crippen LogP contribution in [0.2, 0.25) is 0 Å². The largest absolute Gasteiger partial charge is 0.726 e. The maximum Gasteiger partial charge on any atom is 0.261 e. The van der Waals surface area contributed by atoms with Gasteiger partial charge in [-0.1, -0.05) is 13.8 Å². The fraction of sp³-hybridized carbons (Fsp3) is 0.545. The van der Waals surface area contributed by atoms with E-state index in [1.165, 1.54) is 34.3 Å². The van der Waals surface area contributed by atoms with E-state index in [9.17, 15) is 23.0 Å². The average molecular weight is 501 g/mol. The van der Waals surface area contributed by atoms with Crippen molar-refractivity contribution < 1.29 is 36.2 Å². The first-order valence-electron chi connectivity index (χ1n) is 10.6. The van der Waals surface area contributed by atoms with Crippen LogP contribution in [0.4, 0.5) is 0 Å². The van der Waals surface area contributed by atoms with Crippen molar-refractivity contribution in [1.29, 1.82) is 5.26 Å². The van der Waals surface area contributed by atoms with Crippen molar-refractivity contribution in [1.82, 2.24) is 10.2 Å². The Labute approximate surface area is 202 Å². The minimum absolute atomic E-state index is 0.0205. The summed E-state index contributed by atoms with van der Waals surface area (Å²) in [4.78, 5) is 14.6. The summed E-state index contributed by atoms with van der Waals surface area (Å²) in [6, 6.07) is 5.33. The molecule has 1 amide bonds. The van der Waals surface area contributed by atoms with E-state index in [2.05, 4.69) is 28.2 Å². The normalized spacial score (nSPS) is 11.2. The Morgan fingerprint density at radius 1 is 1.12 bits per heavy atom. The second kappa shape index (κ2) is 16.7. The van der Waals surface area contributed by atoms with E-state index < -0.39 is 16.3 Å². The SMILES string of the molecule is CCN(CC)CCCNC(=O)/C(C#N)=C\c1cc(OC)c(OC)c(OC)c1.CCOS(=O)(=O)[O-]. The number of methoxy groups -OCH3 is 3. The van der Waals surface area contributed by atoms with Gasteiger partial charge in [0.1, 0.15) is 11.6 Å². The van der Waals surface area contributed by atoms with Crippen LogP contribution < -0.4 is 19.5 Å². The molecule has 0 spiro atoms. The number of nitrogens with one attached hydrogen (secondary N) is 1. The van der Waals surface area contributed by atoms with E-state index >= 15 is 0 Å². The maximum atomic E-state index is 12.3. The molecule has 0 unspecified atom stereocenters. The summed E-state index contributed by atoms with van der Waals surface area (Å²) in [6.07, 6.45) is 2.33. The molecule has 1 N–H and O–H groups in total. The van der Waals surface area contributed by atoms with Crippen LogP contribution in [0.25, 0.3) is 6.08 Å². The zero-order chi connectivity index (χ0) is 26.1. The van der Waals surface area contributed by atoms with Gasteiger partial charge in [-0.15, -0.1) is 0 Å². The summed E-state index contributed by atoms with van der Waals surface area (Å²) in [6.45, 7) is 8.94. The number of carbonyl (C=O) groups is 1. The molecule has 1 aromatic rings. The molecule has 0 atom stereocenters. The second-order valence-electron chi connectivity index (χ2n) is 6.58. The molecular formula is C22H34N3O8S-. The molecular weight excluding hydrogens is 466 g/mol. The minimum atomic E-state index is -4.42. The number of nitriles is 1. The lowest BCUT2D eigenvalue weighted by Gasteiger charge is -2.17. The van der Waals surface area contributed by atoms with Gasteiger partial charge in [0.2, 0.25) is 16.1 Å². The lowest BCUT2D eigenvalue weighted by Crippen LogP contribution is -2.30. The Kier molecular flexibility index (Phi) is 15.3. The molecule has 11 nitrogen and oxygen atoms in total. The zero-order valence-electron chi connectivity index (χ0n) is 20.5. The van der Waals surface area contributed by atoms with Crippen molar-refractivity contribution in [2.45, 2.75) is 27.2 Å². The number of nitrogens with zero attached hydrogens (tertiary/aromatic N) is 2. The fourth-order valence-corrected chi connectivity index (χ4v) is 3.07. The molecule has 0 saturated heterocycles. The van der Waals surface area contributed by atoms with Crippen molar-refractivity contribution in [3.63, 3.8) is 0 Å². The zero-order valence-corrected chi connectivity index (χ0v) is 21.4. The molecule has 12 heteroatoms. The summed E-state index contributed by atoms with van der Waals surface area (Å²) in [7, 11) is 0.117. The van der Waals surface area contributed by atoms with Crippen LogP contribution in [-0.4, -0.2) is 77.9 Å². The highest BCUT2D eigenvalue weighted by Gasteiger charge is 2.14. The number of amides is 1. The summed E-state index contributed by atoms with van der Waals surface area (Å²) in [5, 5.41) is 12.2. The molecule has 0 aliphatic rings. The van der Waals surface area contributed by atoms with Crippen LogP contribution in [0, 0.1) is 11.3 Å². The van der Waals surface area contributed by atoms with Gasteiger partial charge < -0.3 is 29.0 Å². The van der Waals surface area contributed by atoms with Gasteiger partial charge >= 0.3 is 0 Å². The van der Waals surface area contributed by atoms with Crippen molar-refractivity contribution in [2.75, 3.05) is 54.1 Å². The summed E-state index contributed by atoms with van der Waals surface area (Å²) in [5.41, 5.74) is 0.631. The quantitative estimate of drug-likeness (QED) is 0.140. The molecule has 1 aromatic carbocycles. The Hall–Kier alpha value is -2.85. The minimum Gasteiger partial charge on any atom is -0.726 e. The van der Waals surface area contributed by atoms with Crippen LogP contribution in [0.1, 0.15) is 32.8 Å². The van der Waals surface area contributed by atoms with Crippen LogP contribution in [0.3, 0.4) is 0 Å². The Bertz CT molecular complexity index is 913. The summed E-state index contributed by atoms with van der Waals surface area (Å²) < 4.78 is 47.9. The van der Waals surface area contributed by atoms with Crippen LogP contribution in [-0.2, 0) is 19.4 Å². The fourth-order valence-electron chi connectivity index (χ4n) is 2.78. The second-order valence-corrected chi connectivity index (χ2v) is 7.63. The third-order valence-corrected chi connectivity index (χ3v) is 4.98. The molecule has 192 valence electrons. The van der Waals surface area contributed by atoms with Gasteiger partial charge in [0.15, 0.2) is 11.5 Å². The molecule has 0 aliphatic heterocycles. The highest BCUT2D eigenvalue weighted by Crippen LogP contribution is 2.38. The topological polar surface area (TPSA) is 150 Å². The lowest BCUT2D eigenvalue weighted by molar-refractivity contribution is -0.117. The number of rotatable bonds is 13. The highest BCUT2D eigenvalue weighted by molar-refractivity contribution is 7.80.